The van der Waals surface area contributed by atoms with Crippen LogP contribution >= 0.6 is 11.6 Å². The van der Waals surface area contributed by atoms with E-state index < -0.39 is 0 Å². The average Bonchev–Trinajstić information content (AvgIpc) is 2.38. The molecule has 0 radical (unpaired) electrons. The number of halogens is 1. The molecule has 3 nitrogen and oxygen atoms in total. The van der Waals surface area contributed by atoms with Gasteiger partial charge in [-0.2, -0.15) is 0 Å². The second kappa shape index (κ2) is 5.53. The Morgan fingerprint density at radius 3 is 2.61 bits per heavy atom. The minimum Gasteiger partial charge on any atom is -0.339 e. The first-order valence-electron chi connectivity index (χ1n) is 6.12. The molecule has 0 aromatic heterocycles. The summed E-state index contributed by atoms with van der Waals surface area (Å²) in [5.41, 5.74) is 0.599. The van der Waals surface area contributed by atoms with Gasteiger partial charge in [-0.3, -0.25) is 9.59 Å². The summed E-state index contributed by atoms with van der Waals surface area (Å²) in [7, 11) is 1.80. The predicted molar refractivity (Wildman–Crippen MR) is 70.8 cm³/mol. The molecule has 0 aliphatic heterocycles. The molecule has 96 valence electrons. The quantitative estimate of drug-likeness (QED) is 0.825. The standard InChI is InChI=1S/C14H16ClNO2/c1-16(12-5-7-13(17)8-6-12)14(18)10-3-2-4-11(15)9-10/h2-4,9,12H,5-8H2,1H3. The van der Waals surface area contributed by atoms with Crippen LogP contribution in [0.2, 0.25) is 5.02 Å². The van der Waals surface area contributed by atoms with Crippen molar-refractivity contribution < 1.29 is 9.59 Å². The Bertz CT molecular complexity index is 463. The average molecular weight is 266 g/mol. The zero-order chi connectivity index (χ0) is 13.1. The number of ketones is 1. The van der Waals surface area contributed by atoms with Crippen molar-refractivity contribution in [2.24, 2.45) is 0 Å². The fraction of sp³-hybridized carbons (Fsp3) is 0.429. The van der Waals surface area contributed by atoms with Crippen LogP contribution in [0.3, 0.4) is 0 Å². The lowest BCUT2D eigenvalue weighted by Gasteiger charge is -2.30. The molecule has 0 bridgehead atoms. The van der Waals surface area contributed by atoms with Crippen molar-refractivity contribution in [3.05, 3.63) is 34.9 Å². The minimum atomic E-state index is -0.0307. The molecule has 0 saturated heterocycles. The van der Waals surface area contributed by atoms with E-state index in [0.29, 0.717) is 29.2 Å². The summed E-state index contributed by atoms with van der Waals surface area (Å²) in [6, 6.07) is 7.12. The lowest BCUT2D eigenvalue weighted by Crippen LogP contribution is -2.39. The van der Waals surface area contributed by atoms with Crippen LogP contribution in [-0.4, -0.2) is 29.7 Å². The lowest BCUT2D eigenvalue weighted by molar-refractivity contribution is -0.121. The topological polar surface area (TPSA) is 37.4 Å². The third-order valence-corrected chi connectivity index (χ3v) is 3.69. The van der Waals surface area contributed by atoms with Crippen LogP contribution in [0.1, 0.15) is 36.0 Å². The van der Waals surface area contributed by atoms with Crippen LogP contribution < -0.4 is 0 Å². The van der Waals surface area contributed by atoms with E-state index in [1.54, 1.807) is 36.2 Å². The van der Waals surface area contributed by atoms with Gasteiger partial charge in [0.2, 0.25) is 0 Å². The summed E-state index contributed by atoms with van der Waals surface area (Å²) >= 11 is 5.88. The first-order valence-corrected chi connectivity index (χ1v) is 6.50. The van der Waals surface area contributed by atoms with E-state index in [1.807, 2.05) is 0 Å². The Balaban J connectivity index is 2.07. The zero-order valence-electron chi connectivity index (χ0n) is 10.4. The van der Waals surface area contributed by atoms with Crippen molar-refractivity contribution in [2.75, 3.05) is 7.05 Å². The largest absolute Gasteiger partial charge is 0.339 e. The second-order valence-corrected chi connectivity index (χ2v) is 5.13. The van der Waals surface area contributed by atoms with Gasteiger partial charge in [0.05, 0.1) is 0 Å². The van der Waals surface area contributed by atoms with Gasteiger partial charge in [0, 0.05) is 36.5 Å². The maximum absolute atomic E-state index is 12.3. The highest BCUT2D eigenvalue weighted by Gasteiger charge is 2.25. The Kier molecular flexibility index (Phi) is 4.02. The SMILES string of the molecule is CN(C(=O)c1cccc(Cl)c1)C1CCC(=O)CC1. The number of benzene rings is 1. The number of rotatable bonds is 2. The third kappa shape index (κ3) is 2.91. The summed E-state index contributed by atoms with van der Waals surface area (Å²) in [5.74, 6) is 0.270. The highest BCUT2D eigenvalue weighted by molar-refractivity contribution is 6.30. The molecule has 1 amide bonds. The lowest BCUT2D eigenvalue weighted by atomic mass is 9.93. The van der Waals surface area contributed by atoms with Gasteiger partial charge >= 0.3 is 0 Å². The van der Waals surface area contributed by atoms with Gasteiger partial charge in [0.15, 0.2) is 0 Å². The number of hydrogen-bond acceptors (Lipinski definition) is 2. The summed E-state index contributed by atoms with van der Waals surface area (Å²) < 4.78 is 0. The van der Waals surface area contributed by atoms with Crippen molar-refractivity contribution in [1.82, 2.24) is 4.90 Å². The van der Waals surface area contributed by atoms with Crippen molar-refractivity contribution in [2.45, 2.75) is 31.7 Å². The van der Waals surface area contributed by atoms with Crippen molar-refractivity contribution in [3.8, 4) is 0 Å². The van der Waals surface area contributed by atoms with Gasteiger partial charge in [0.1, 0.15) is 5.78 Å². The van der Waals surface area contributed by atoms with Gasteiger partial charge in [0.25, 0.3) is 5.91 Å². The second-order valence-electron chi connectivity index (χ2n) is 4.70. The van der Waals surface area contributed by atoms with Crippen LogP contribution in [0.15, 0.2) is 24.3 Å². The molecule has 1 fully saturated rings. The Morgan fingerprint density at radius 1 is 1.33 bits per heavy atom. The highest BCUT2D eigenvalue weighted by Crippen LogP contribution is 2.21. The van der Waals surface area contributed by atoms with Crippen molar-refractivity contribution in [1.29, 1.82) is 0 Å². The molecule has 0 N–H and O–H groups in total. The van der Waals surface area contributed by atoms with E-state index in [-0.39, 0.29) is 11.9 Å². The van der Waals surface area contributed by atoms with E-state index in [0.717, 1.165) is 12.8 Å². The summed E-state index contributed by atoms with van der Waals surface area (Å²) in [6.45, 7) is 0. The predicted octanol–water partition coefficient (Wildman–Crippen LogP) is 2.92. The summed E-state index contributed by atoms with van der Waals surface area (Å²) in [6.07, 6.45) is 2.69. The van der Waals surface area contributed by atoms with Crippen LogP contribution in [0.25, 0.3) is 0 Å². The van der Waals surface area contributed by atoms with Gasteiger partial charge < -0.3 is 4.90 Å². The van der Waals surface area contributed by atoms with Gasteiger partial charge in [-0.1, -0.05) is 17.7 Å². The number of hydrogen-bond donors (Lipinski definition) is 0. The maximum Gasteiger partial charge on any atom is 0.253 e. The highest BCUT2D eigenvalue weighted by atomic mass is 35.5. The van der Waals surface area contributed by atoms with Crippen molar-refractivity contribution in [3.63, 3.8) is 0 Å². The van der Waals surface area contributed by atoms with Gasteiger partial charge in [-0.05, 0) is 31.0 Å². The van der Waals surface area contributed by atoms with Crippen molar-refractivity contribution >= 4 is 23.3 Å². The number of amides is 1. The number of carbonyl (C=O) groups excluding carboxylic acids is 2. The third-order valence-electron chi connectivity index (χ3n) is 3.45. The molecule has 1 aromatic rings. The molecule has 4 heteroatoms. The van der Waals surface area contributed by atoms with E-state index in [9.17, 15) is 9.59 Å². The minimum absolute atomic E-state index is 0.0307. The molecule has 0 spiro atoms. The zero-order valence-corrected chi connectivity index (χ0v) is 11.1. The van der Waals surface area contributed by atoms with Crippen LogP contribution in [-0.2, 0) is 4.79 Å². The van der Waals surface area contributed by atoms with E-state index >= 15 is 0 Å². The van der Waals surface area contributed by atoms with Gasteiger partial charge in [-0.25, -0.2) is 0 Å². The van der Waals surface area contributed by atoms with Crippen LogP contribution in [0, 0.1) is 0 Å². The van der Waals surface area contributed by atoms with E-state index in [2.05, 4.69) is 0 Å². The number of carbonyl (C=O) groups is 2. The Hall–Kier alpha value is -1.35. The first-order chi connectivity index (χ1) is 8.58. The normalized spacial score (nSPS) is 16.7. The molecule has 0 heterocycles. The molecule has 0 atom stereocenters. The van der Waals surface area contributed by atoms with E-state index in [4.69, 9.17) is 11.6 Å². The molecular weight excluding hydrogens is 250 g/mol. The molecule has 18 heavy (non-hydrogen) atoms. The smallest absolute Gasteiger partial charge is 0.253 e. The number of Topliss-reactive ketones (excluding diaryl/α,β-unsaturated/α-hetero) is 1. The fourth-order valence-corrected chi connectivity index (χ4v) is 2.49. The Morgan fingerprint density at radius 2 is 2.00 bits per heavy atom. The summed E-state index contributed by atoms with van der Waals surface area (Å²) in [4.78, 5) is 25.2. The maximum atomic E-state index is 12.3. The molecule has 0 unspecified atom stereocenters. The number of nitrogens with zero attached hydrogens (tertiary/aromatic N) is 1. The monoisotopic (exact) mass is 265 g/mol. The van der Waals surface area contributed by atoms with Gasteiger partial charge in [-0.15, -0.1) is 0 Å². The summed E-state index contributed by atoms with van der Waals surface area (Å²) in [5, 5.41) is 0.563. The molecule has 2 rings (SSSR count). The molecule has 1 saturated carbocycles. The Labute approximate surface area is 112 Å². The first kappa shape index (κ1) is 13.1. The molecule has 1 aliphatic rings. The van der Waals surface area contributed by atoms with Crippen LogP contribution in [0.5, 0.6) is 0 Å². The molecule has 1 aliphatic carbocycles. The van der Waals surface area contributed by atoms with Crippen LogP contribution in [0.4, 0.5) is 0 Å². The molecular formula is C14H16ClNO2. The van der Waals surface area contributed by atoms with E-state index in [1.165, 1.54) is 0 Å². The molecule has 1 aromatic carbocycles. The fourth-order valence-electron chi connectivity index (χ4n) is 2.30.